The van der Waals surface area contributed by atoms with Crippen LogP contribution in [0.3, 0.4) is 0 Å². The third-order valence-corrected chi connectivity index (χ3v) is 3.43. The lowest BCUT2D eigenvalue weighted by Gasteiger charge is -2.27. The highest BCUT2D eigenvalue weighted by atomic mass is 15.6. The minimum atomic E-state index is 0.578. The zero-order chi connectivity index (χ0) is 11.5. The fourth-order valence-corrected chi connectivity index (χ4v) is 2.60. The Morgan fingerprint density at radius 1 is 1.50 bits per heavy atom. The molecule has 16 heavy (non-hydrogen) atoms. The van der Waals surface area contributed by atoms with Crippen LogP contribution >= 0.6 is 0 Å². The number of nitrogens with zero attached hydrogens (tertiary/aromatic N) is 5. The van der Waals surface area contributed by atoms with Crippen molar-refractivity contribution in [2.24, 2.45) is 18.7 Å². The van der Waals surface area contributed by atoms with E-state index in [2.05, 4.69) is 27.4 Å². The second-order valence-electron chi connectivity index (χ2n) is 4.60. The van der Waals surface area contributed by atoms with Gasteiger partial charge < -0.3 is 5.73 Å². The molecule has 2 rings (SSSR count). The summed E-state index contributed by atoms with van der Waals surface area (Å²) < 4.78 is 0. The molecule has 1 aliphatic rings. The predicted molar refractivity (Wildman–Crippen MR) is 60.4 cm³/mol. The summed E-state index contributed by atoms with van der Waals surface area (Å²) in [7, 11) is 3.91. The lowest BCUT2D eigenvalue weighted by Crippen LogP contribution is -2.37. The maximum absolute atomic E-state index is 5.79. The molecule has 2 atom stereocenters. The Balaban J connectivity index is 1.94. The number of rotatable bonds is 4. The van der Waals surface area contributed by atoms with Gasteiger partial charge in [-0.2, -0.15) is 4.80 Å². The smallest absolute Gasteiger partial charge is 0.188 e. The van der Waals surface area contributed by atoms with Gasteiger partial charge in [-0.05, 0) is 37.6 Å². The van der Waals surface area contributed by atoms with E-state index in [0.29, 0.717) is 12.0 Å². The number of hydrogen-bond acceptors (Lipinski definition) is 5. The monoisotopic (exact) mass is 224 g/mol. The summed E-state index contributed by atoms with van der Waals surface area (Å²) in [4.78, 5) is 3.81. The van der Waals surface area contributed by atoms with Crippen molar-refractivity contribution >= 4 is 0 Å². The molecule has 1 heterocycles. The first-order valence-electron chi connectivity index (χ1n) is 5.84. The molecule has 0 saturated heterocycles. The normalized spacial score (nSPS) is 25.5. The minimum absolute atomic E-state index is 0.578. The first-order valence-corrected chi connectivity index (χ1v) is 5.84. The van der Waals surface area contributed by atoms with Crippen LogP contribution in [-0.4, -0.2) is 44.7 Å². The summed E-state index contributed by atoms with van der Waals surface area (Å²) >= 11 is 0. The summed E-state index contributed by atoms with van der Waals surface area (Å²) in [6, 6.07) is 0.578. The average molecular weight is 224 g/mol. The van der Waals surface area contributed by atoms with Gasteiger partial charge in [0.15, 0.2) is 5.82 Å². The quantitative estimate of drug-likeness (QED) is 0.764. The molecule has 0 aliphatic heterocycles. The maximum atomic E-state index is 5.79. The summed E-state index contributed by atoms with van der Waals surface area (Å²) in [5, 5.41) is 12.0. The predicted octanol–water partition coefficient (Wildman–Crippen LogP) is -0.231. The van der Waals surface area contributed by atoms with Crippen LogP contribution in [0.4, 0.5) is 0 Å². The molecule has 0 aromatic carbocycles. The van der Waals surface area contributed by atoms with Crippen molar-refractivity contribution in [3.05, 3.63) is 5.82 Å². The average Bonchev–Trinajstić information content (AvgIpc) is 2.86. The molecular formula is C10H20N6. The molecule has 1 aromatic heterocycles. The lowest BCUT2D eigenvalue weighted by atomic mass is 10.0. The van der Waals surface area contributed by atoms with Gasteiger partial charge in [0.1, 0.15) is 0 Å². The highest BCUT2D eigenvalue weighted by Gasteiger charge is 2.29. The molecule has 2 unspecified atom stereocenters. The number of aromatic nitrogens is 4. The van der Waals surface area contributed by atoms with Crippen LogP contribution in [0.15, 0.2) is 0 Å². The molecule has 1 fully saturated rings. The summed E-state index contributed by atoms with van der Waals surface area (Å²) in [6.45, 7) is 1.54. The molecule has 0 bridgehead atoms. The van der Waals surface area contributed by atoms with Gasteiger partial charge in [0, 0.05) is 6.04 Å². The van der Waals surface area contributed by atoms with E-state index in [1.165, 1.54) is 24.1 Å². The number of nitrogens with two attached hydrogens (primary N) is 1. The molecular weight excluding hydrogens is 204 g/mol. The Labute approximate surface area is 95.8 Å². The van der Waals surface area contributed by atoms with Gasteiger partial charge in [0.2, 0.25) is 0 Å². The Hall–Kier alpha value is -1.01. The molecule has 1 saturated carbocycles. The Morgan fingerprint density at radius 3 is 2.94 bits per heavy atom. The molecule has 2 N–H and O–H groups in total. The fraction of sp³-hybridized carbons (Fsp3) is 0.900. The van der Waals surface area contributed by atoms with Gasteiger partial charge in [-0.15, -0.1) is 10.2 Å². The van der Waals surface area contributed by atoms with Gasteiger partial charge in [-0.1, -0.05) is 6.42 Å². The van der Waals surface area contributed by atoms with Crippen molar-refractivity contribution in [1.29, 1.82) is 0 Å². The van der Waals surface area contributed by atoms with Gasteiger partial charge >= 0.3 is 0 Å². The first kappa shape index (κ1) is 11.5. The van der Waals surface area contributed by atoms with Gasteiger partial charge in [0.25, 0.3) is 0 Å². The van der Waals surface area contributed by atoms with Crippen LogP contribution in [0.25, 0.3) is 0 Å². The molecule has 0 amide bonds. The molecule has 0 radical (unpaired) electrons. The van der Waals surface area contributed by atoms with E-state index in [4.69, 9.17) is 5.73 Å². The van der Waals surface area contributed by atoms with Gasteiger partial charge in [-0.3, -0.25) is 4.90 Å². The van der Waals surface area contributed by atoms with Crippen molar-refractivity contribution < 1.29 is 0 Å². The minimum Gasteiger partial charge on any atom is -0.330 e. The van der Waals surface area contributed by atoms with E-state index in [0.717, 1.165) is 18.9 Å². The third-order valence-electron chi connectivity index (χ3n) is 3.43. The van der Waals surface area contributed by atoms with Crippen LogP contribution in [0.5, 0.6) is 0 Å². The molecule has 1 aliphatic carbocycles. The van der Waals surface area contributed by atoms with Gasteiger partial charge in [-0.25, -0.2) is 0 Å². The van der Waals surface area contributed by atoms with Crippen molar-refractivity contribution in [2.75, 3.05) is 13.6 Å². The first-order chi connectivity index (χ1) is 7.70. The topological polar surface area (TPSA) is 72.9 Å². The third kappa shape index (κ3) is 2.38. The summed E-state index contributed by atoms with van der Waals surface area (Å²) in [5.74, 6) is 1.41. The van der Waals surface area contributed by atoms with Crippen LogP contribution in [0.1, 0.15) is 25.1 Å². The Kier molecular flexibility index (Phi) is 3.50. The van der Waals surface area contributed by atoms with E-state index in [-0.39, 0.29) is 0 Å². The fourth-order valence-electron chi connectivity index (χ4n) is 2.60. The van der Waals surface area contributed by atoms with Crippen LogP contribution in [0.2, 0.25) is 0 Å². The standard InChI is InChI=1S/C10H20N6/c1-15(7-10-12-14-16(2)13-10)9-5-3-4-8(9)6-11/h8-9H,3-7,11H2,1-2H3. The number of hydrogen-bond donors (Lipinski definition) is 1. The molecule has 1 aromatic rings. The largest absolute Gasteiger partial charge is 0.330 e. The molecule has 6 nitrogen and oxygen atoms in total. The molecule has 0 spiro atoms. The Bertz CT molecular complexity index is 336. The van der Waals surface area contributed by atoms with Crippen molar-refractivity contribution in [3.63, 3.8) is 0 Å². The second-order valence-corrected chi connectivity index (χ2v) is 4.60. The summed E-state index contributed by atoms with van der Waals surface area (Å²) in [6.07, 6.45) is 3.77. The van der Waals surface area contributed by atoms with Crippen molar-refractivity contribution in [1.82, 2.24) is 25.1 Å². The zero-order valence-electron chi connectivity index (χ0n) is 10.0. The van der Waals surface area contributed by atoms with E-state index in [1.807, 2.05) is 0 Å². The van der Waals surface area contributed by atoms with E-state index in [9.17, 15) is 0 Å². The number of tetrazole rings is 1. The zero-order valence-corrected chi connectivity index (χ0v) is 10.0. The Morgan fingerprint density at radius 2 is 2.31 bits per heavy atom. The highest BCUT2D eigenvalue weighted by Crippen LogP contribution is 2.28. The maximum Gasteiger partial charge on any atom is 0.188 e. The molecule has 6 heteroatoms. The number of aryl methyl sites for hydroxylation is 1. The van der Waals surface area contributed by atoms with Crippen LogP contribution in [-0.2, 0) is 13.6 Å². The van der Waals surface area contributed by atoms with Crippen molar-refractivity contribution in [2.45, 2.75) is 31.8 Å². The summed E-state index contributed by atoms with van der Waals surface area (Å²) in [5.41, 5.74) is 5.79. The van der Waals surface area contributed by atoms with Crippen molar-refractivity contribution in [3.8, 4) is 0 Å². The lowest BCUT2D eigenvalue weighted by molar-refractivity contribution is 0.188. The van der Waals surface area contributed by atoms with Crippen LogP contribution in [0, 0.1) is 5.92 Å². The van der Waals surface area contributed by atoms with Crippen LogP contribution < -0.4 is 5.73 Å². The van der Waals surface area contributed by atoms with E-state index >= 15 is 0 Å². The van der Waals surface area contributed by atoms with E-state index in [1.54, 1.807) is 7.05 Å². The highest BCUT2D eigenvalue weighted by molar-refractivity contribution is 4.87. The SMILES string of the molecule is CN(Cc1nnn(C)n1)C1CCCC1CN. The van der Waals surface area contributed by atoms with Gasteiger partial charge in [0.05, 0.1) is 13.6 Å². The molecule has 90 valence electrons. The second kappa shape index (κ2) is 4.88. The van der Waals surface area contributed by atoms with E-state index < -0.39 is 0 Å².